The van der Waals surface area contributed by atoms with Crippen LogP contribution in [-0.4, -0.2) is 41.6 Å². The number of aliphatic hydroxyl groups is 1. The number of halogens is 1. The Kier molecular flexibility index (Phi) is 4.31. The lowest BCUT2D eigenvalue weighted by molar-refractivity contribution is -0.00792. The molecule has 0 spiro atoms. The standard InChI is InChI=1S/C16H20FN2O3/c1-16(20,6-11-5-12(17)8-18-7-11)9-21-13-3-2-4-14-15(13)19-10-22-14/h2-5,10-12,18,20H,6-9H2,1H3/t11?,12?,16-/m0/s1. The summed E-state index contributed by atoms with van der Waals surface area (Å²) in [7, 11) is 0. The molecule has 6 heteroatoms. The van der Waals surface area contributed by atoms with Crippen molar-refractivity contribution in [2.75, 3.05) is 19.7 Å². The van der Waals surface area contributed by atoms with Crippen molar-refractivity contribution in [1.82, 2.24) is 10.3 Å². The second kappa shape index (κ2) is 6.22. The van der Waals surface area contributed by atoms with Gasteiger partial charge in [0.2, 0.25) is 0 Å². The predicted molar refractivity (Wildman–Crippen MR) is 80.3 cm³/mol. The Labute approximate surface area is 128 Å². The van der Waals surface area contributed by atoms with Gasteiger partial charge in [-0.25, -0.2) is 9.37 Å². The fraction of sp³-hybridized carbons (Fsp3) is 0.500. The third-order valence-corrected chi connectivity index (χ3v) is 3.79. The van der Waals surface area contributed by atoms with Gasteiger partial charge in [0.1, 0.15) is 18.5 Å². The van der Waals surface area contributed by atoms with Crippen LogP contribution in [0.5, 0.6) is 5.75 Å². The Bertz CT molecular complexity index is 629. The second-order valence-electron chi connectivity index (χ2n) is 6.07. The summed E-state index contributed by atoms with van der Waals surface area (Å²) in [6.07, 6.45) is 2.50. The third kappa shape index (κ3) is 3.56. The van der Waals surface area contributed by atoms with Crippen LogP contribution in [-0.2, 0) is 0 Å². The maximum absolute atomic E-state index is 13.3. The summed E-state index contributed by atoms with van der Waals surface area (Å²) < 4.78 is 24.3. The highest BCUT2D eigenvalue weighted by Crippen LogP contribution is 2.27. The number of para-hydroxylation sites is 1. The van der Waals surface area contributed by atoms with Crippen LogP contribution in [0, 0.1) is 12.3 Å². The molecule has 2 unspecified atom stereocenters. The van der Waals surface area contributed by atoms with Gasteiger partial charge in [0.25, 0.3) is 0 Å². The quantitative estimate of drug-likeness (QED) is 0.885. The molecule has 2 N–H and O–H groups in total. The number of hydrogen-bond acceptors (Lipinski definition) is 5. The zero-order valence-corrected chi connectivity index (χ0v) is 12.5. The van der Waals surface area contributed by atoms with Gasteiger partial charge in [-0.15, -0.1) is 0 Å². The number of nitrogens with one attached hydrogen (secondary N) is 1. The van der Waals surface area contributed by atoms with Gasteiger partial charge >= 0.3 is 0 Å². The predicted octanol–water partition coefficient (Wildman–Crippen LogP) is 2.11. The average molecular weight is 307 g/mol. The highest BCUT2D eigenvalue weighted by atomic mass is 19.1. The molecule has 2 heterocycles. The van der Waals surface area contributed by atoms with E-state index in [1.807, 2.05) is 6.07 Å². The minimum absolute atomic E-state index is 0.00908. The molecule has 1 fully saturated rings. The number of rotatable bonds is 5. The van der Waals surface area contributed by atoms with Crippen LogP contribution in [0.2, 0.25) is 0 Å². The lowest BCUT2D eigenvalue weighted by Crippen LogP contribution is -2.43. The average Bonchev–Trinajstić information content (AvgIpc) is 2.93. The zero-order chi connectivity index (χ0) is 15.6. The number of hydrogen-bond donors (Lipinski definition) is 2. The van der Waals surface area contributed by atoms with E-state index in [9.17, 15) is 9.50 Å². The fourth-order valence-electron chi connectivity index (χ4n) is 2.81. The van der Waals surface area contributed by atoms with E-state index in [1.54, 1.807) is 25.5 Å². The first-order valence-corrected chi connectivity index (χ1v) is 7.41. The largest absolute Gasteiger partial charge is 0.488 e. The maximum Gasteiger partial charge on any atom is 0.182 e. The summed E-state index contributed by atoms with van der Waals surface area (Å²) in [4.78, 5) is 4.11. The van der Waals surface area contributed by atoms with Gasteiger partial charge in [0, 0.05) is 13.0 Å². The van der Waals surface area contributed by atoms with Gasteiger partial charge in [-0.05, 0) is 37.9 Å². The van der Waals surface area contributed by atoms with Crippen LogP contribution in [0.1, 0.15) is 13.3 Å². The molecule has 1 aliphatic heterocycles. The molecule has 1 saturated heterocycles. The molecule has 0 saturated carbocycles. The zero-order valence-electron chi connectivity index (χ0n) is 12.5. The molecule has 5 nitrogen and oxygen atoms in total. The fourth-order valence-corrected chi connectivity index (χ4v) is 2.81. The first-order valence-electron chi connectivity index (χ1n) is 7.41. The lowest BCUT2D eigenvalue weighted by Gasteiger charge is -2.32. The van der Waals surface area contributed by atoms with Crippen LogP contribution in [0.4, 0.5) is 4.39 Å². The number of piperidine rings is 1. The first-order chi connectivity index (χ1) is 10.5. The van der Waals surface area contributed by atoms with E-state index in [-0.39, 0.29) is 12.5 Å². The maximum atomic E-state index is 13.3. The van der Waals surface area contributed by atoms with Crippen LogP contribution in [0.25, 0.3) is 11.1 Å². The Morgan fingerprint density at radius 3 is 3.18 bits per heavy atom. The van der Waals surface area contributed by atoms with Gasteiger partial charge in [0.05, 0.1) is 5.60 Å². The highest BCUT2D eigenvalue weighted by molar-refractivity contribution is 5.79. The van der Waals surface area contributed by atoms with Gasteiger partial charge in [-0.2, -0.15) is 0 Å². The van der Waals surface area contributed by atoms with E-state index < -0.39 is 11.8 Å². The SMILES string of the molecule is C[C@@](O)(COc1cccc2ocnc12)CC1[CH]C(F)CNC1. The topological polar surface area (TPSA) is 67.5 Å². The lowest BCUT2D eigenvalue weighted by atomic mass is 9.87. The smallest absolute Gasteiger partial charge is 0.182 e. The first kappa shape index (κ1) is 15.2. The molecule has 0 bridgehead atoms. The van der Waals surface area contributed by atoms with Crippen molar-refractivity contribution < 1.29 is 18.7 Å². The summed E-state index contributed by atoms with van der Waals surface area (Å²) in [5.41, 5.74) is 0.224. The summed E-state index contributed by atoms with van der Waals surface area (Å²) in [5.74, 6) is 0.561. The molecule has 1 aliphatic rings. The van der Waals surface area contributed by atoms with Gasteiger partial charge in [-0.3, -0.25) is 0 Å². The molecule has 3 rings (SSSR count). The second-order valence-corrected chi connectivity index (χ2v) is 6.07. The Hall–Kier alpha value is -1.66. The summed E-state index contributed by atoms with van der Waals surface area (Å²) in [6, 6.07) is 5.40. The Morgan fingerprint density at radius 2 is 2.36 bits per heavy atom. The third-order valence-electron chi connectivity index (χ3n) is 3.79. The van der Waals surface area contributed by atoms with Crippen LogP contribution < -0.4 is 10.1 Å². The van der Waals surface area contributed by atoms with E-state index in [0.717, 1.165) is 0 Å². The van der Waals surface area contributed by atoms with E-state index >= 15 is 0 Å². The number of benzene rings is 1. The normalized spacial score (nSPS) is 25.0. The van der Waals surface area contributed by atoms with Crippen molar-refractivity contribution in [1.29, 1.82) is 0 Å². The molecule has 0 aliphatic carbocycles. The number of nitrogens with zero attached hydrogens (tertiary/aromatic N) is 1. The molecule has 3 atom stereocenters. The highest BCUT2D eigenvalue weighted by Gasteiger charge is 2.30. The summed E-state index contributed by atoms with van der Waals surface area (Å²) in [6.45, 7) is 2.84. The van der Waals surface area contributed by atoms with Gasteiger partial charge in [0.15, 0.2) is 17.5 Å². The van der Waals surface area contributed by atoms with Crippen molar-refractivity contribution in [3.05, 3.63) is 31.0 Å². The van der Waals surface area contributed by atoms with E-state index in [1.165, 1.54) is 6.39 Å². The number of alkyl halides is 1. The number of oxazole rings is 1. The molecule has 22 heavy (non-hydrogen) atoms. The molecular formula is C16H20FN2O3. The molecule has 0 amide bonds. The monoisotopic (exact) mass is 307 g/mol. The van der Waals surface area contributed by atoms with E-state index in [0.29, 0.717) is 36.4 Å². The summed E-state index contributed by atoms with van der Waals surface area (Å²) in [5, 5.41) is 13.5. The summed E-state index contributed by atoms with van der Waals surface area (Å²) >= 11 is 0. The van der Waals surface area contributed by atoms with Crippen molar-refractivity contribution in [3.8, 4) is 5.75 Å². The van der Waals surface area contributed by atoms with Crippen molar-refractivity contribution in [2.45, 2.75) is 25.1 Å². The van der Waals surface area contributed by atoms with Crippen LogP contribution >= 0.6 is 0 Å². The Morgan fingerprint density at radius 1 is 1.50 bits per heavy atom. The molecule has 2 aromatic rings. The minimum Gasteiger partial charge on any atom is -0.488 e. The Balaban J connectivity index is 1.60. The molecular weight excluding hydrogens is 287 g/mol. The van der Waals surface area contributed by atoms with E-state index in [4.69, 9.17) is 9.15 Å². The number of fused-ring (bicyclic) bond motifs is 1. The minimum atomic E-state index is -1.05. The van der Waals surface area contributed by atoms with Crippen molar-refractivity contribution in [3.63, 3.8) is 0 Å². The van der Waals surface area contributed by atoms with Gasteiger partial charge < -0.3 is 19.6 Å². The molecule has 1 aromatic carbocycles. The molecule has 119 valence electrons. The van der Waals surface area contributed by atoms with Crippen LogP contribution in [0.15, 0.2) is 29.0 Å². The molecule has 1 radical (unpaired) electrons. The van der Waals surface area contributed by atoms with Crippen molar-refractivity contribution in [2.24, 2.45) is 5.92 Å². The van der Waals surface area contributed by atoms with E-state index in [2.05, 4.69) is 10.3 Å². The van der Waals surface area contributed by atoms with Crippen LogP contribution in [0.3, 0.4) is 0 Å². The number of aromatic nitrogens is 1. The van der Waals surface area contributed by atoms with Crippen molar-refractivity contribution >= 4 is 11.1 Å². The molecule has 1 aromatic heterocycles. The van der Waals surface area contributed by atoms with Gasteiger partial charge in [-0.1, -0.05) is 6.07 Å². The number of ether oxygens (including phenoxy) is 1.